The number of benzene rings is 4. The van der Waals surface area contributed by atoms with Crippen molar-refractivity contribution in [1.82, 2.24) is 0 Å². The van der Waals surface area contributed by atoms with E-state index in [1.54, 1.807) is 0 Å². The molecule has 1 fully saturated rings. The van der Waals surface area contributed by atoms with E-state index < -0.39 is 22.7 Å². The van der Waals surface area contributed by atoms with Gasteiger partial charge in [0.05, 0.1) is 24.3 Å². The van der Waals surface area contributed by atoms with Crippen LogP contribution in [0.3, 0.4) is 0 Å². The smallest absolute Gasteiger partial charge is 0.176 e. The van der Waals surface area contributed by atoms with E-state index in [0.29, 0.717) is 11.1 Å². The third kappa shape index (κ3) is 2.70. The van der Waals surface area contributed by atoms with Crippen LogP contribution in [0.15, 0.2) is 120 Å². The minimum Gasteiger partial charge on any atom is -0.196 e. The lowest BCUT2D eigenvalue weighted by atomic mass is 9.40. The Hall–Kier alpha value is -5.68. The fourth-order valence-electron chi connectivity index (χ4n) is 7.20. The molecule has 4 aromatic carbocycles. The van der Waals surface area contributed by atoms with E-state index in [1.807, 2.05) is 109 Å². The molecule has 4 nitrogen and oxygen atoms in total. The molecule has 2 atom stereocenters. The summed E-state index contributed by atoms with van der Waals surface area (Å²) in [6.07, 6.45) is 0. The van der Waals surface area contributed by atoms with E-state index in [2.05, 4.69) is 24.3 Å². The van der Waals surface area contributed by atoms with Gasteiger partial charge in [-0.2, -0.15) is 21.0 Å². The summed E-state index contributed by atoms with van der Waals surface area (Å²) in [6, 6.07) is 44.7. The van der Waals surface area contributed by atoms with Gasteiger partial charge in [-0.25, -0.2) is 0 Å². The lowest BCUT2D eigenvalue weighted by molar-refractivity contribution is 0.237. The Balaban J connectivity index is 1.73. The first-order valence-electron chi connectivity index (χ1n) is 13.1. The number of fused-ring (bicyclic) bond motifs is 6. The molecule has 0 bridgehead atoms. The maximum atomic E-state index is 10.8. The van der Waals surface area contributed by atoms with Gasteiger partial charge < -0.3 is 0 Å². The van der Waals surface area contributed by atoms with Gasteiger partial charge >= 0.3 is 0 Å². The standard InChI is InChI=1S/C36H20N4/c37-19-35(20-38)27-17-9-7-15-25(27)29(23-11-3-1-4-12-23)31-32-30(24-13-5-2-6-14-24)26-16-8-10-18-28(26)36(21-39,22-40)34(32)33(31)35/h1-18,33-34H/t33-,34-/m1/s1. The van der Waals surface area contributed by atoms with Crippen LogP contribution >= 0.6 is 0 Å². The summed E-state index contributed by atoms with van der Waals surface area (Å²) in [5.74, 6) is -1.34. The highest BCUT2D eigenvalue weighted by atomic mass is 14.7. The average Bonchev–Trinajstić information content (AvgIpc) is 3.03. The van der Waals surface area contributed by atoms with Crippen LogP contribution in [0.5, 0.6) is 0 Å². The van der Waals surface area contributed by atoms with Crippen molar-refractivity contribution >= 4 is 11.1 Å². The Labute approximate surface area is 232 Å². The summed E-state index contributed by atoms with van der Waals surface area (Å²) < 4.78 is 0. The first-order valence-corrected chi connectivity index (χ1v) is 13.1. The fraction of sp³-hybridized carbons (Fsp3) is 0.111. The first kappa shape index (κ1) is 23.4. The maximum Gasteiger partial charge on any atom is 0.176 e. The minimum absolute atomic E-state index is 0.622. The lowest BCUT2D eigenvalue weighted by Gasteiger charge is -2.58. The van der Waals surface area contributed by atoms with Crippen molar-refractivity contribution in [3.8, 4) is 24.3 Å². The molecule has 0 aliphatic heterocycles. The SMILES string of the molecule is N#CC1(C#N)c2ccccc2C(c2ccccc2)=C2C3=C(c4ccccc4)c4ccccc4C(C#N)(C#N)[C@H]3[C@@H]21. The molecule has 3 aliphatic rings. The molecular formula is C36H20N4. The number of hydrogen-bond acceptors (Lipinski definition) is 4. The van der Waals surface area contributed by atoms with Crippen LogP contribution in [-0.4, -0.2) is 0 Å². The van der Waals surface area contributed by atoms with Crippen molar-refractivity contribution in [2.75, 3.05) is 0 Å². The molecule has 7 rings (SSSR count). The van der Waals surface area contributed by atoms with Gasteiger partial charge in [-0.15, -0.1) is 0 Å². The molecule has 0 unspecified atom stereocenters. The highest BCUT2D eigenvalue weighted by molar-refractivity contribution is 6.00. The number of hydrogen-bond donors (Lipinski definition) is 0. The number of allylic oxidation sites excluding steroid dienone is 2. The van der Waals surface area contributed by atoms with Crippen LogP contribution in [0.2, 0.25) is 0 Å². The summed E-state index contributed by atoms with van der Waals surface area (Å²) in [7, 11) is 0. The van der Waals surface area contributed by atoms with E-state index in [4.69, 9.17) is 0 Å². The van der Waals surface area contributed by atoms with Gasteiger partial charge in [-0.1, -0.05) is 109 Å². The van der Waals surface area contributed by atoms with Gasteiger partial charge in [0.25, 0.3) is 0 Å². The Morgan fingerprint density at radius 3 is 1.10 bits per heavy atom. The third-order valence-corrected chi connectivity index (χ3v) is 8.79. The van der Waals surface area contributed by atoms with Crippen molar-refractivity contribution in [1.29, 1.82) is 21.0 Å². The summed E-state index contributed by atoms with van der Waals surface area (Å²) in [4.78, 5) is 0. The van der Waals surface area contributed by atoms with Crippen molar-refractivity contribution < 1.29 is 0 Å². The molecule has 4 aromatic rings. The van der Waals surface area contributed by atoms with Gasteiger partial charge in [0.2, 0.25) is 0 Å². The molecule has 0 aromatic heterocycles. The summed E-state index contributed by atoms with van der Waals surface area (Å²) in [5, 5.41) is 43.1. The van der Waals surface area contributed by atoms with E-state index in [-0.39, 0.29) is 0 Å². The van der Waals surface area contributed by atoms with E-state index >= 15 is 0 Å². The zero-order chi connectivity index (χ0) is 27.5. The van der Waals surface area contributed by atoms with Crippen molar-refractivity contribution in [2.24, 2.45) is 11.8 Å². The van der Waals surface area contributed by atoms with E-state index in [0.717, 1.165) is 44.5 Å². The van der Waals surface area contributed by atoms with Crippen LogP contribution < -0.4 is 0 Å². The predicted octanol–water partition coefficient (Wildman–Crippen LogP) is 6.83. The molecule has 40 heavy (non-hydrogen) atoms. The molecule has 4 heteroatoms. The topological polar surface area (TPSA) is 95.2 Å². The first-order chi connectivity index (χ1) is 19.7. The Bertz CT molecular complexity index is 1780. The fourth-order valence-corrected chi connectivity index (χ4v) is 7.20. The monoisotopic (exact) mass is 508 g/mol. The average molecular weight is 509 g/mol. The highest BCUT2D eigenvalue weighted by Crippen LogP contribution is 2.70. The van der Waals surface area contributed by atoms with E-state index in [9.17, 15) is 21.0 Å². The van der Waals surface area contributed by atoms with Crippen molar-refractivity contribution in [3.63, 3.8) is 0 Å². The third-order valence-electron chi connectivity index (χ3n) is 8.79. The number of nitriles is 4. The normalized spacial score (nSPS) is 20.6. The van der Waals surface area contributed by atoms with Gasteiger partial charge in [-0.05, 0) is 55.7 Å². The summed E-state index contributed by atoms with van der Waals surface area (Å²) >= 11 is 0. The summed E-state index contributed by atoms with van der Waals surface area (Å²) in [6.45, 7) is 0. The van der Waals surface area contributed by atoms with Gasteiger partial charge in [-0.3, -0.25) is 0 Å². The molecule has 0 N–H and O–H groups in total. The predicted molar refractivity (Wildman–Crippen MR) is 151 cm³/mol. The van der Waals surface area contributed by atoms with Crippen molar-refractivity contribution in [2.45, 2.75) is 10.8 Å². The zero-order valence-electron chi connectivity index (χ0n) is 21.3. The summed E-state index contributed by atoms with van der Waals surface area (Å²) in [5.41, 5.74) is 5.37. The van der Waals surface area contributed by atoms with Gasteiger partial charge in [0.1, 0.15) is 0 Å². The zero-order valence-corrected chi connectivity index (χ0v) is 21.3. The molecule has 3 aliphatic carbocycles. The van der Waals surface area contributed by atoms with Crippen LogP contribution in [0.4, 0.5) is 0 Å². The van der Waals surface area contributed by atoms with Crippen LogP contribution in [0.25, 0.3) is 11.1 Å². The second-order valence-electron chi connectivity index (χ2n) is 10.4. The molecule has 0 saturated heterocycles. The molecular weight excluding hydrogens is 488 g/mol. The number of nitrogens with zero attached hydrogens (tertiary/aromatic N) is 4. The Morgan fingerprint density at radius 1 is 0.425 bits per heavy atom. The largest absolute Gasteiger partial charge is 0.196 e. The molecule has 0 spiro atoms. The minimum atomic E-state index is -1.56. The molecule has 1 saturated carbocycles. The molecule has 184 valence electrons. The second kappa shape index (κ2) is 8.41. The highest BCUT2D eigenvalue weighted by Gasteiger charge is 2.68. The lowest BCUT2D eigenvalue weighted by Crippen LogP contribution is -2.58. The molecule has 0 amide bonds. The van der Waals surface area contributed by atoms with E-state index in [1.165, 1.54) is 0 Å². The molecule has 0 radical (unpaired) electrons. The Morgan fingerprint density at radius 2 is 0.750 bits per heavy atom. The second-order valence-corrected chi connectivity index (χ2v) is 10.4. The van der Waals surface area contributed by atoms with Gasteiger partial charge in [0, 0.05) is 11.8 Å². The van der Waals surface area contributed by atoms with Crippen molar-refractivity contribution in [3.05, 3.63) is 154 Å². The quantitative estimate of drug-likeness (QED) is 0.296. The Kier molecular flexibility index (Phi) is 4.93. The van der Waals surface area contributed by atoms with Crippen LogP contribution in [0, 0.1) is 57.2 Å². The van der Waals surface area contributed by atoms with Crippen LogP contribution in [0.1, 0.15) is 33.4 Å². The number of rotatable bonds is 2. The van der Waals surface area contributed by atoms with Crippen LogP contribution in [-0.2, 0) is 10.8 Å². The molecule has 0 heterocycles. The maximum absolute atomic E-state index is 10.8. The van der Waals surface area contributed by atoms with Gasteiger partial charge in [0.15, 0.2) is 10.8 Å².